The fourth-order valence-corrected chi connectivity index (χ4v) is 3.89. The van der Waals surface area contributed by atoms with Crippen LogP contribution in [0.2, 0.25) is 0 Å². The smallest absolute Gasteiger partial charge is 0.394 e. The highest BCUT2D eigenvalue weighted by atomic mass is 32.2. The Hall–Kier alpha value is -2.01. The lowest BCUT2D eigenvalue weighted by Crippen LogP contribution is -2.54. The maximum atomic E-state index is 12.3. The number of hydrogen-bond donors (Lipinski definition) is 1. The summed E-state index contributed by atoms with van der Waals surface area (Å²) in [6.07, 6.45) is 0.883. The number of amides is 2. The molecule has 0 aromatic carbocycles. The highest BCUT2D eigenvalue weighted by molar-refractivity contribution is 7.99. The van der Waals surface area contributed by atoms with E-state index in [2.05, 4.69) is 19.9 Å². The van der Waals surface area contributed by atoms with Crippen LogP contribution in [-0.2, 0) is 9.45 Å². The lowest BCUT2D eigenvalue weighted by atomic mass is 9.98. The van der Waals surface area contributed by atoms with Crippen LogP contribution in [0.3, 0.4) is 0 Å². The number of anilines is 2. The molecule has 0 spiro atoms. The van der Waals surface area contributed by atoms with Crippen molar-refractivity contribution in [3.8, 4) is 0 Å². The van der Waals surface area contributed by atoms with Crippen molar-refractivity contribution in [3.63, 3.8) is 0 Å². The van der Waals surface area contributed by atoms with E-state index in [4.69, 9.17) is 20.3 Å². The number of aromatic nitrogens is 1. The predicted octanol–water partition coefficient (Wildman–Crippen LogP) is 0.581. The van der Waals surface area contributed by atoms with Crippen LogP contribution in [0.25, 0.3) is 0 Å². The van der Waals surface area contributed by atoms with Gasteiger partial charge in [-0.05, 0) is 24.4 Å². The minimum Gasteiger partial charge on any atom is -0.528 e. The van der Waals surface area contributed by atoms with Gasteiger partial charge in [-0.15, -0.1) is 11.8 Å². The maximum Gasteiger partial charge on any atom is 0.394 e. The molecule has 2 radical (unpaired) electrons. The average molecular weight is 391 g/mol. The van der Waals surface area contributed by atoms with Crippen LogP contribution in [0.4, 0.5) is 16.3 Å². The molecule has 3 heterocycles. The zero-order chi connectivity index (χ0) is 18.7. The Morgan fingerprint density at radius 3 is 2.81 bits per heavy atom. The summed E-state index contributed by atoms with van der Waals surface area (Å²) < 4.78 is 4.02. The van der Waals surface area contributed by atoms with Gasteiger partial charge in [0.25, 0.3) is 0 Å². The molecule has 2 amide bonds. The van der Waals surface area contributed by atoms with E-state index in [1.54, 1.807) is 31.1 Å². The van der Waals surface area contributed by atoms with Crippen LogP contribution in [0.1, 0.15) is 0 Å². The monoisotopic (exact) mass is 391 g/mol. The van der Waals surface area contributed by atoms with E-state index >= 15 is 0 Å². The van der Waals surface area contributed by atoms with Gasteiger partial charge in [-0.25, -0.2) is 9.78 Å². The van der Waals surface area contributed by atoms with E-state index < -0.39 is 6.09 Å². The highest BCUT2D eigenvalue weighted by Crippen LogP contribution is 2.28. The van der Waals surface area contributed by atoms with Gasteiger partial charge in [0, 0.05) is 32.4 Å². The second kappa shape index (κ2) is 8.13. The van der Waals surface area contributed by atoms with Crippen molar-refractivity contribution in [1.82, 2.24) is 15.2 Å². The lowest BCUT2D eigenvalue weighted by Gasteiger charge is -2.41. The molecule has 11 heteroatoms. The first-order chi connectivity index (χ1) is 12.5. The number of thiocarbonyl (C=S) groups is 1. The van der Waals surface area contributed by atoms with Gasteiger partial charge in [0.1, 0.15) is 5.82 Å². The molecular weight excluding hydrogens is 373 g/mol. The SMILES string of the molecule is [B]OC(=O)NC(=S)N(C)c1ccc(N2CC(C(=O)N3CCSC3)C2)cn1. The number of pyridine rings is 1. The van der Waals surface area contributed by atoms with E-state index in [1.165, 1.54) is 4.90 Å². The molecule has 0 saturated carbocycles. The summed E-state index contributed by atoms with van der Waals surface area (Å²) in [6, 6.07) is 3.71. The number of carbonyl (C=O) groups is 2. The molecule has 0 aliphatic carbocycles. The molecule has 1 N–H and O–H groups in total. The summed E-state index contributed by atoms with van der Waals surface area (Å²) in [6.45, 7) is 2.27. The van der Waals surface area contributed by atoms with E-state index in [9.17, 15) is 9.59 Å². The third kappa shape index (κ3) is 4.04. The zero-order valence-electron chi connectivity index (χ0n) is 14.3. The van der Waals surface area contributed by atoms with E-state index in [-0.39, 0.29) is 16.9 Å². The van der Waals surface area contributed by atoms with Gasteiger partial charge in [-0.1, -0.05) is 0 Å². The average Bonchev–Trinajstić information content (AvgIpc) is 3.14. The normalized spacial score (nSPS) is 16.8. The minimum absolute atomic E-state index is 0.0649. The van der Waals surface area contributed by atoms with Crippen molar-refractivity contribution in [2.75, 3.05) is 48.1 Å². The standard InChI is InChI=1S/C15H18BN5O3S2/c1-19(14(25)18-15(23)24-16)12-3-2-11(6-17-12)21-7-10(8-21)13(22)20-4-5-26-9-20/h2-3,6,10H,4-5,7-9H2,1H3,(H,18,23,25). The van der Waals surface area contributed by atoms with Gasteiger partial charge in [0.15, 0.2) is 5.11 Å². The van der Waals surface area contributed by atoms with Crippen LogP contribution >= 0.6 is 24.0 Å². The zero-order valence-corrected chi connectivity index (χ0v) is 15.9. The van der Waals surface area contributed by atoms with Gasteiger partial charge in [0.05, 0.1) is 23.7 Å². The first-order valence-corrected chi connectivity index (χ1v) is 9.59. The number of rotatable bonds is 3. The van der Waals surface area contributed by atoms with Crippen LogP contribution < -0.4 is 15.1 Å². The number of thioether (sulfide) groups is 1. The quantitative estimate of drug-likeness (QED) is 0.593. The molecule has 26 heavy (non-hydrogen) atoms. The third-order valence-corrected chi connectivity index (χ3v) is 5.70. The maximum absolute atomic E-state index is 12.3. The second-order valence-corrected chi connectivity index (χ2v) is 7.47. The van der Waals surface area contributed by atoms with Crippen LogP contribution in [0.15, 0.2) is 18.3 Å². The van der Waals surface area contributed by atoms with Crippen LogP contribution in [0, 0.1) is 5.92 Å². The molecule has 0 unspecified atom stereocenters. The largest absolute Gasteiger partial charge is 0.528 e. The molecule has 3 rings (SSSR count). The summed E-state index contributed by atoms with van der Waals surface area (Å²) in [7, 11) is 6.44. The Labute approximate surface area is 162 Å². The Morgan fingerprint density at radius 1 is 1.46 bits per heavy atom. The molecule has 2 saturated heterocycles. The van der Waals surface area contributed by atoms with Gasteiger partial charge in [0.2, 0.25) is 5.91 Å². The predicted molar refractivity (Wildman–Crippen MR) is 105 cm³/mol. The Morgan fingerprint density at radius 2 is 2.23 bits per heavy atom. The number of nitrogens with zero attached hydrogens (tertiary/aromatic N) is 4. The van der Waals surface area contributed by atoms with Crippen molar-refractivity contribution in [2.24, 2.45) is 5.92 Å². The Balaban J connectivity index is 1.53. The molecule has 8 nitrogen and oxygen atoms in total. The molecule has 2 fully saturated rings. The molecule has 1 aromatic heterocycles. The Bertz CT molecular complexity index is 693. The van der Waals surface area contributed by atoms with Crippen molar-refractivity contribution in [2.45, 2.75) is 0 Å². The lowest BCUT2D eigenvalue weighted by molar-refractivity contribution is -0.134. The van der Waals surface area contributed by atoms with Crippen molar-refractivity contribution >= 4 is 60.6 Å². The first kappa shape index (κ1) is 18.8. The fraction of sp³-hybridized carbons (Fsp3) is 0.467. The van der Waals surface area contributed by atoms with Crippen LogP contribution in [0.5, 0.6) is 0 Å². The van der Waals surface area contributed by atoms with Crippen molar-refractivity contribution < 1.29 is 14.2 Å². The molecule has 2 aliphatic rings. The third-order valence-electron chi connectivity index (χ3n) is 4.36. The molecule has 0 bridgehead atoms. The molecular formula is C15H18BN5O3S2. The van der Waals surface area contributed by atoms with Gasteiger partial charge >= 0.3 is 14.1 Å². The number of carbonyl (C=O) groups excluding carboxylic acids is 2. The summed E-state index contributed by atoms with van der Waals surface area (Å²) in [5.74, 6) is 2.72. The minimum atomic E-state index is -0.842. The highest BCUT2D eigenvalue weighted by Gasteiger charge is 2.36. The Kier molecular flexibility index (Phi) is 5.87. The first-order valence-electron chi connectivity index (χ1n) is 8.02. The van der Waals surface area contributed by atoms with Gasteiger partial charge in [-0.3, -0.25) is 10.1 Å². The molecule has 1 aromatic rings. The molecule has 2 aliphatic heterocycles. The molecule has 136 valence electrons. The van der Waals surface area contributed by atoms with Gasteiger partial charge in [-0.2, -0.15) is 0 Å². The van der Waals surface area contributed by atoms with Gasteiger partial charge < -0.3 is 19.4 Å². The second-order valence-electron chi connectivity index (χ2n) is 6.01. The van der Waals surface area contributed by atoms with E-state index in [0.717, 1.165) is 23.9 Å². The number of nitrogens with one attached hydrogen (secondary N) is 1. The van der Waals surface area contributed by atoms with E-state index in [0.29, 0.717) is 18.9 Å². The summed E-state index contributed by atoms with van der Waals surface area (Å²) in [5.41, 5.74) is 0.947. The summed E-state index contributed by atoms with van der Waals surface area (Å²) >= 11 is 6.88. The number of hydrogen-bond acceptors (Lipinski definition) is 7. The fourth-order valence-electron chi connectivity index (χ4n) is 2.76. The van der Waals surface area contributed by atoms with E-state index in [1.807, 2.05) is 11.0 Å². The molecule has 0 atom stereocenters. The summed E-state index contributed by atoms with van der Waals surface area (Å²) in [5, 5.41) is 2.43. The van der Waals surface area contributed by atoms with Crippen LogP contribution in [-0.4, -0.2) is 73.4 Å². The summed E-state index contributed by atoms with van der Waals surface area (Å²) in [4.78, 5) is 33.4. The topological polar surface area (TPSA) is 78.0 Å². The van der Waals surface area contributed by atoms with Crippen molar-refractivity contribution in [3.05, 3.63) is 18.3 Å². The van der Waals surface area contributed by atoms with Crippen molar-refractivity contribution in [1.29, 1.82) is 0 Å².